The zero-order valence-electron chi connectivity index (χ0n) is 9.19. The number of hydrogen-bond donors (Lipinski definition) is 1. The summed E-state index contributed by atoms with van der Waals surface area (Å²) in [5, 5.41) is 0. The van der Waals surface area contributed by atoms with Crippen molar-refractivity contribution >= 4 is 23.5 Å². The summed E-state index contributed by atoms with van der Waals surface area (Å²) in [6.45, 7) is 3.01. The lowest BCUT2D eigenvalue weighted by atomic mass is 10.1. The molecule has 1 aromatic rings. The van der Waals surface area contributed by atoms with Gasteiger partial charge in [0.2, 0.25) is 0 Å². The first-order chi connectivity index (χ1) is 7.71. The van der Waals surface area contributed by atoms with Gasteiger partial charge in [0.25, 0.3) is 5.91 Å². The van der Waals surface area contributed by atoms with E-state index >= 15 is 0 Å². The molecule has 2 aliphatic rings. The van der Waals surface area contributed by atoms with Crippen LogP contribution < -0.4 is 4.72 Å². The molecular weight excluding hydrogens is 220 g/mol. The second-order valence-corrected chi connectivity index (χ2v) is 5.77. The monoisotopic (exact) mass is 234 g/mol. The van der Waals surface area contributed by atoms with Gasteiger partial charge < -0.3 is 9.62 Å². The minimum atomic E-state index is -0.0872. The SMILES string of the molecule is C[C@@]12CCCN1C(=O)c1ccccc1NS2. The fourth-order valence-corrected chi connectivity index (χ4v) is 3.47. The van der Waals surface area contributed by atoms with Crippen LogP contribution in [-0.2, 0) is 0 Å². The van der Waals surface area contributed by atoms with Crippen LogP contribution in [0.3, 0.4) is 0 Å². The number of rotatable bonds is 0. The third kappa shape index (κ3) is 1.33. The van der Waals surface area contributed by atoms with E-state index in [1.807, 2.05) is 29.2 Å². The Morgan fingerprint density at radius 3 is 3.12 bits per heavy atom. The Morgan fingerprint density at radius 1 is 1.44 bits per heavy atom. The Bertz CT molecular complexity index is 448. The number of benzene rings is 1. The highest BCUT2D eigenvalue weighted by Gasteiger charge is 2.43. The normalized spacial score (nSPS) is 28.1. The Balaban J connectivity index is 2.08. The lowest BCUT2D eigenvalue weighted by molar-refractivity contribution is 0.0727. The molecule has 0 aliphatic carbocycles. The van der Waals surface area contributed by atoms with E-state index in [4.69, 9.17) is 0 Å². The quantitative estimate of drug-likeness (QED) is 0.700. The average Bonchev–Trinajstić information content (AvgIpc) is 2.64. The third-order valence-corrected chi connectivity index (χ3v) is 4.56. The highest BCUT2D eigenvalue weighted by atomic mass is 32.2. The van der Waals surface area contributed by atoms with E-state index in [0.29, 0.717) is 0 Å². The fourth-order valence-electron chi connectivity index (χ4n) is 2.43. The molecule has 1 N–H and O–H groups in total. The van der Waals surface area contributed by atoms with E-state index in [2.05, 4.69) is 11.6 Å². The maximum Gasteiger partial charge on any atom is 0.257 e. The Morgan fingerprint density at radius 2 is 2.25 bits per heavy atom. The van der Waals surface area contributed by atoms with Gasteiger partial charge in [0.1, 0.15) is 4.87 Å². The molecule has 0 spiro atoms. The Hall–Kier alpha value is -1.16. The summed E-state index contributed by atoms with van der Waals surface area (Å²) in [5.41, 5.74) is 1.73. The maximum atomic E-state index is 12.4. The van der Waals surface area contributed by atoms with Crippen molar-refractivity contribution < 1.29 is 4.79 Å². The molecule has 2 heterocycles. The molecule has 1 fully saturated rings. The second kappa shape index (κ2) is 3.42. The van der Waals surface area contributed by atoms with Crippen LogP contribution in [0.15, 0.2) is 24.3 Å². The summed E-state index contributed by atoms with van der Waals surface area (Å²) >= 11 is 1.66. The molecule has 0 aromatic heterocycles. The van der Waals surface area contributed by atoms with Gasteiger partial charge in [0.05, 0.1) is 11.3 Å². The van der Waals surface area contributed by atoms with Crippen LogP contribution in [0.25, 0.3) is 0 Å². The zero-order chi connectivity index (χ0) is 11.2. The molecule has 1 amide bonds. The smallest absolute Gasteiger partial charge is 0.257 e. The number of anilines is 1. The molecule has 0 radical (unpaired) electrons. The van der Waals surface area contributed by atoms with Crippen LogP contribution in [0, 0.1) is 0 Å². The minimum absolute atomic E-state index is 0.0872. The summed E-state index contributed by atoms with van der Waals surface area (Å²) < 4.78 is 3.32. The molecule has 0 saturated carbocycles. The average molecular weight is 234 g/mol. The number of para-hydroxylation sites is 1. The van der Waals surface area contributed by atoms with Gasteiger partial charge in [-0.25, -0.2) is 0 Å². The van der Waals surface area contributed by atoms with Gasteiger partial charge >= 0.3 is 0 Å². The molecule has 1 aromatic carbocycles. The number of carbonyl (C=O) groups excluding carboxylic acids is 1. The van der Waals surface area contributed by atoms with Crippen molar-refractivity contribution in [1.29, 1.82) is 0 Å². The number of nitrogens with one attached hydrogen (secondary N) is 1. The molecule has 2 aliphatic heterocycles. The molecule has 4 heteroatoms. The molecule has 1 saturated heterocycles. The molecule has 0 bridgehead atoms. The van der Waals surface area contributed by atoms with Crippen molar-refractivity contribution in [1.82, 2.24) is 4.90 Å². The maximum absolute atomic E-state index is 12.4. The van der Waals surface area contributed by atoms with Crippen molar-refractivity contribution in [2.24, 2.45) is 0 Å². The lowest BCUT2D eigenvalue weighted by Crippen LogP contribution is -2.41. The van der Waals surface area contributed by atoms with Gasteiger partial charge in [-0.2, -0.15) is 0 Å². The first kappa shape index (κ1) is 10.0. The molecular formula is C12H14N2OS. The predicted octanol–water partition coefficient (Wildman–Crippen LogP) is 2.71. The van der Waals surface area contributed by atoms with Gasteiger partial charge in [-0.15, -0.1) is 0 Å². The van der Waals surface area contributed by atoms with Gasteiger partial charge in [-0.3, -0.25) is 4.79 Å². The van der Waals surface area contributed by atoms with Crippen LogP contribution in [0.2, 0.25) is 0 Å². The van der Waals surface area contributed by atoms with Gasteiger partial charge in [0.15, 0.2) is 0 Å². The highest BCUT2D eigenvalue weighted by Crippen LogP contribution is 2.43. The first-order valence-corrected chi connectivity index (χ1v) is 6.37. The lowest BCUT2D eigenvalue weighted by Gasteiger charge is -2.31. The van der Waals surface area contributed by atoms with Crippen molar-refractivity contribution in [2.75, 3.05) is 11.3 Å². The number of nitrogens with zero attached hydrogens (tertiary/aromatic N) is 1. The van der Waals surface area contributed by atoms with E-state index in [1.165, 1.54) is 0 Å². The highest BCUT2D eigenvalue weighted by molar-refractivity contribution is 8.01. The fraction of sp³-hybridized carbons (Fsp3) is 0.417. The van der Waals surface area contributed by atoms with E-state index < -0.39 is 0 Å². The van der Waals surface area contributed by atoms with Crippen LogP contribution in [0.1, 0.15) is 30.1 Å². The van der Waals surface area contributed by atoms with Crippen molar-refractivity contribution in [3.05, 3.63) is 29.8 Å². The summed E-state index contributed by atoms with van der Waals surface area (Å²) in [6, 6.07) is 7.74. The van der Waals surface area contributed by atoms with E-state index in [9.17, 15) is 4.79 Å². The molecule has 3 rings (SSSR count). The van der Waals surface area contributed by atoms with Gasteiger partial charge in [-0.1, -0.05) is 12.1 Å². The standard InChI is InChI=1S/C12H14N2OS/c1-12-7-4-8-14(12)11(15)9-5-2-3-6-10(9)13-16-12/h2-3,5-6,13H,4,7-8H2,1H3/t12-/m1/s1. The first-order valence-electron chi connectivity index (χ1n) is 5.56. The summed E-state index contributed by atoms with van der Waals surface area (Å²) in [6.07, 6.45) is 2.16. The Kier molecular flexibility index (Phi) is 2.14. The van der Waals surface area contributed by atoms with Crippen LogP contribution in [0.4, 0.5) is 5.69 Å². The summed E-state index contributed by atoms with van der Waals surface area (Å²) in [7, 11) is 0. The molecule has 16 heavy (non-hydrogen) atoms. The molecule has 3 nitrogen and oxygen atoms in total. The van der Waals surface area contributed by atoms with Crippen LogP contribution in [0.5, 0.6) is 0 Å². The van der Waals surface area contributed by atoms with E-state index in [-0.39, 0.29) is 10.8 Å². The van der Waals surface area contributed by atoms with Crippen molar-refractivity contribution in [2.45, 2.75) is 24.6 Å². The van der Waals surface area contributed by atoms with E-state index in [0.717, 1.165) is 30.6 Å². The van der Waals surface area contributed by atoms with Crippen LogP contribution >= 0.6 is 11.9 Å². The van der Waals surface area contributed by atoms with Crippen molar-refractivity contribution in [3.63, 3.8) is 0 Å². The zero-order valence-corrected chi connectivity index (χ0v) is 10.0. The number of hydrogen-bond acceptors (Lipinski definition) is 3. The molecule has 84 valence electrons. The van der Waals surface area contributed by atoms with Gasteiger partial charge in [0, 0.05) is 6.54 Å². The predicted molar refractivity (Wildman–Crippen MR) is 66.3 cm³/mol. The summed E-state index contributed by atoms with van der Waals surface area (Å²) in [5.74, 6) is 0.160. The third-order valence-electron chi connectivity index (χ3n) is 3.38. The molecule has 1 atom stereocenters. The van der Waals surface area contributed by atoms with Crippen LogP contribution in [-0.4, -0.2) is 22.2 Å². The number of carbonyl (C=O) groups is 1. The molecule has 0 unspecified atom stereocenters. The van der Waals surface area contributed by atoms with Crippen molar-refractivity contribution in [3.8, 4) is 0 Å². The van der Waals surface area contributed by atoms with Gasteiger partial charge in [-0.05, 0) is 43.8 Å². The minimum Gasteiger partial charge on any atom is -0.327 e. The number of amides is 1. The largest absolute Gasteiger partial charge is 0.327 e. The van der Waals surface area contributed by atoms with E-state index in [1.54, 1.807) is 11.9 Å². The Labute approximate surface area is 99.3 Å². The second-order valence-electron chi connectivity index (χ2n) is 4.49. The summed E-state index contributed by atoms with van der Waals surface area (Å²) in [4.78, 5) is 14.3. The topological polar surface area (TPSA) is 32.3 Å². The number of fused-ring (bicyclic) bond motifs is 2.